The van der Waals surface area contributed by atoms with Crippen molar-refractivity contribution in [1.82, 2.24) is 9.21 Å². The molecule has 0 aliphatic carbocycles. The average molecular weight is 555 g/mol. The van der Waals surface area contributed by atoms with E-state index in [1.54, 1.807) is 11.0 Å². The number of hydrogen-bond donors (Lipinski definition) is 0. The molecule has 2 aliphatic rings. The second-order valence-corrected chi connectivity index (χ2v) is 11.6. The molecule has 0 spiro atoms. The number of hydrogen-bond acceptors (Lipinski definition) is 5. The van der Waals surface area contributed by atoms with Crippen molar-refractivity contribution in [2.75, 3.05) is 42.5 Å². The Bertz CT molecular complexity index is 1530. The van der Waals surface area contributed by atoms with E-state index in [0.717, 1.165) is 33.8 Å². The third-order valence-corrected chi connectivity index (χ3v) is 8.91. The lowest BCUT2D eigenvalue weighted by atomic mass is 10.1. The molecule has 1 atom stereocenters. The van der Waals surface area contributed by atoms with E-state index < -0.39 is 46.2 Å². The molecular weight excluding hydrogens is 526 g/mol. The Kier molecular flexibility index (Phi) is 7.02. The summed E-state index contributed by atoms with van der Waals surface area (Å²) in [7, 11) is -4.33. The first-order chi connectivity index (χ1) is 18.6. The number of benzene rings is 3. The summed E-state index contributed by atoms with van der Waals surface area (Å²) in [6.45, 7) is 5.28. The van der Waals surface area contributed by atoms with Gasteiger partial charge in [0.15, 0.2) is 0 Å². The first kappa shape index (κ1) is 26.6. The highest BCUT2D eigenvalue weighted by Crippen LogP contribution is 2.33. The first-order valence-electron chi connectivity index (χ1n) is 12.5. The van der Waals surface area contributed by atoms with E-state index >= 15 is 0 Å². The van der Waals surface area contributed by atoms with Gasteiger partial charge in [0.25, 0.3) is 10.0 Å². The lowest BCUT2D eigenvalue weighted by molar-refractivity contribution is -0.132. The summed E-state index contributed by atoms with van der Waals surface area (Å²) < 4.78 is 55.8. The summed E-state index contributed by atoms with van der Waals surface area (Å²) in [4.78, 5) is 31.7. The average Bonchev–Trinajstić information content (AvgIpc) is 3.27. The summed E-state index contributed by atoms with van der Waals surface area (Å²) in [5.74, 6) is -2.43. The fourth-order valence-corrected chi connectivity index (χ4v) is 6.45. The van der Waals surface area contributed by atoms with Crippen LogP contribution in [0.1, 0.15) is 11.1 Å². The summed E-state index contributed by atoms with van der Waals surface area (Å²) >= 11 is 0. The van der Waals surface area contributed by atoms with Gasteiger partial charge in [-0.2, -0.15) is 0 Å². The second-order valence-electron chi connectivity index (χ2n) is 9.72. The zero-order valence-corrected chi connectivity index (χ0v) is 22.4. The largest absolute Gasteiger partial charge is 0.368 e. The normalized spacial score (nSPS) is 18.2. The van der Waals surface area contributed by atoms with E-state index in [4.69, 9.17) is 0 Å². The van der Waals surface area contributed by atoms with Crippen molar-refractivity contribution in [1.29, 1.82) is 0 Å². The van der Waals surface area contributed by atoms with Gasteiger partial charge in [0.2, 0.25) is 5.91 Å². The fraction of sp³-hybridized carbons (Fsp3) is 0.286. The predicted molar refractivity (Wildman–Crippen MR) is 143 cm³/mol. The zero-order chi connectivity index (χ0) is 27.9. The number of nitrogens with zero attached hydrogens (tertiary/aromatic N) is 4. The maximum atomic E-state index is 14.9. The molecule has 2 saturated heterocycles. The minimum Gasteiger partial charge on any atom is -0.368 e. The maximum absolute atomic E-state index is 14.9. The molecule has 3 aromatic carbocycles. The standard InChI is InChI=1S/C28H28F2N4O4S/c1-19-8-9-20(2)25(16-19)31-12-14-32(15-13-31)27(35)26-18-33(39(37,38)22-6-4-3-5-7-22)28(36)34(26)24-11-10-21(29)17-23(24)30/h3-11,16-17,26H,12-15,18H2,1-2H3. The molecule has 0 saturated carbocycles. The van der Waals surface area contributed by atoms with Crippen LogP contribution in [-0.4, -0.2) is 68.3 Å². The Morgan fingerprint density at radius 1 is 0.872 bits per heavy atom. The minimum absolute atomic E-state index is 0.131. The van der Waals surface area contributed by atoms with Gasteiger partial charge in [0.1, 0.15) is 17.7 Å². The SMILES string of the molecule is Cc1ccc(C)c(N2CCN(C(=O)C3CN(S(=O)(=O)c4ccccc4)C(=O)N3c3ccc(F)cc3F)CC2)c1. The Morgan fingerprint density at radius 2 is 1.56 bits per heavy atom. The molecule has 2 fully saturated rings. The molecule has 0 N–H and O–H groups in total. The van der Waals surface area contributed by atoms with Crippen molar-refractivity contribution in [2.24, 2.45) is 0 Å². The van der Waals surface area contributed by atoms with Gasteiger partial charge >= 0.3 is 6.03 Å². The van der Waals surface area contributed by atoms with Gasteiger partial charge in [-0.25, -0.2) is 26.3 Å². The van der Waals surface area contributed by atoms with Crippen LogP contribution >= 0.6 is 0 Å². The number of aryl methyl sites for hydroxylation is 2. The molecule has 1 unspecified atom stereocenters. The van der Waals surface area contributed by atoms with Gasteiger partial charge in [-0.1, -0.05) is 30.3 Å². The summed E-state index contributed by atoms with van der Waals surface area (Å²) in [6, 6.07) is 13.7. The monoisotopic (exact) mass is 554 g/mol. The highest BCUT2D eigenvalue weighted by atomic mass is 32.2. The first-order valence-corrected chi connectivity index (χ1v) is 14.0. The number of urea groups is 1. The zero-order valence-electron chi connectivity index (χ0n) is 21.5. The Morgan fingerprint density at radius 3 is 2.23 bits per heavy atom. The van der Waals surface area contributed by atoms with Crippen LogP contribution in [-0.2, 0) is 14.8 Å². The van der Waals surface area contributed by atoms with Crippen molar-refractivity contribution in [3.63, 3.8) is 0 Å². The lowest BCUT2D eigenvalue weighted by Crippen LogP contribution is -2.55. The van der Waals surface area contributed by atoms with E-state index in [1.165, 1.54) is 24.3 Å². The molecule has 0 radical (unpaired) electrons. The third kappa shape index (κ3) is 4.94. The number of amides is 3. The number of anilines is 2. The number of carbonyl (C=O) groups excluding carboxylic acids is 2. The molecule has 3 aromatic rings. The Labute approximate surface area is 226 Å². The maximum Gasteiger partial charge on any atom is 0.339 e. The van der Waals surface area contributed by atoms with E-state index in [-0.39, 0.29) is 10.6 Å². The van der Waals surface area contributed by atoms with Crippen LogP contribution in [0.4, 0.5) is 25.0 Å². The topological polar surface area (TPSA) is 81.2 Å². The predicted octanol–water partition coefficient (Wildman–Crippen LogP) is 3.93. The van der Waals surface area contributed by atoms with E-state index in [2.05, 4.69) is 11.0 Å². The molecule has 2 heterocycles. The van der Waals surface area contributed by atoms with Crippen LogP contribution in [0.2, 0.25) is 0 Å². The van der Waals surface area contributed by atoms with Gasteiger partial charge in [-0.05, 0) is 55.3 Å². The Balaban J connectivity index is 1.44. The molecule has 0 aromatic heterocycles. The van der Waals surface area contributed by atoms with Crippen molar-refractivity contribution in [2.45, 2.75) is 24.8 Å². The quantitative estimate of drug-likeness (QED) is 0.478. The van der Waals surface area contributed by atoms with Crippen molar-refractivity contribution in [3.05, 3.63) is 89.5 Å². The second kappa shape index (κ2) is 10.3. The Hall–Kier alpha value is -3.99. The van der Waals surface area contributed by atoms with Gasteiger partial charge in [-0.3, -0.25) is 9.69 Å². The minimum atomic E-state index is -4.33. The van der Waals surface area contributed by atoms with Gasteiger partial charge in [0.05, 0.1) is 17.1 Å². The van der Waals surface area contributed by atoms with Crippen LogP contribution in [0.5, 0.6) is 0 Å². The van der Waals surface area contributed by atoms with Crippen molar-refractivity contribution >= 4 is 33.3 Å². The third-order valence-electron chi connectivity index (χ3n) is 7.15. The van der Waals surface area contributed by atoms with Crippen LogP contribution < -0.4 is 9.80 Å². The summed E-state index contributed by atoms with van der Waals surface area (Å²) in [5.41, 5.74) is 2.95. The van der Waals surface area contributed by atoms with Crippen molar-refractivity contribution in [3.8, 4) is 0 Å². The molecule has 11 heteroatoms. The number of carbonyl (C=O) groups is 2. The van der Waals surface area contributed by atoms with Gasteiger partial charge in [0, 0.05) is 37.9 Å². The molecule has 39 heavy (non-hydrogen) atoms. The summed E-state index contributed by atoms with van der Waals surface area (Å²) in [6.07, 6.45) is 0. The number of sulfonamides is 1. The number of piperazine rings is 1. The van der Waals surface area contributed by atoms with Gasteiger partial charge in [-0.15, -0.1) is 0 Å². The van der Waals surface area contributed by atoms with Gasteiger partial charge < -0.3 is 9.80 Å². The fourth-order valence-electron chi connectivity index (χ4n) is 5.07. The van der Waals surface area contributed by atoms with Crippen molar-refractivity contribution < 1.29 is 26.8 Å². The summed E-state index contributed by atoms with van der Waals surface area (Å²) in [5, 5.41) is 0. The van der Waals surface area contributed by atoms with Crippen LogP contribution in [0.25, 0.3) is 0 Å². The molecule has 8 nitrogen and oxygen atoms in total. The molecule has 204 valence electrons. The van der Waals surface area contributed by atoms with Crippen LogP contribution in [0.3, 0.4) is 0 Å². The molecule has 0 bridgehead atoms. The van der Waals surface area contributed by atoms with E-state index in [1.807, 2.05) is 26.0 Å². The number of halogens is 2. The smallest absolute Gasteiger partial charge is 0.339 e. The van der Waals surface area contributed by atoms with Crippen LogP contribution in [0, 0.1) is 25.5 Å². The molecule has 5 rings (SSSR count). The molecule has 2 aliphatic heterocycles. The number of rotatable bonds is 5. The van der Waals surface area contributed by atoms with Crippen LogP contribution in [0.15, 0.2) is 71.6 Å². The molecular formula is C28H28F2N4O4S. The highest BCUT2D eigenvalue weighted by Gasteiger charge is 2.49. The lowest BCUT2D eigenvalue weighted by Gasteiger charge is -2.38. The molecule has 3 amide bonds. The van der Waals surface area contributed by atoms with E-state index in [9.17, 15) is 26.8 Å². The van der Waals surface area contributed by atoms with E-state index in [0.29, 0.717) is 36.6 Å². The highest BCUT2D eigenvalue weighted by molar-refractivity contribution is 7.89.